The Labute approximate surface area is 110 Å². The summed E-state index contributed by atoms with van der Waals surface area (Å²) in [4.78, 5) is 12.3. The van der Waals surface area contributed by atoms with Crippen LogP contribution in [0.25, 0.3) is 10.1 Å². The van der Waals surface area contributed by atoms with E-state index in [0.29, 0.717) is 0 Å². The Morgan fingerprint density at radius 2 is 2.28 bits per heavy atom. The van der Waals surface area contributed by atoms with E-state index >= 15 is 0 Å². The largest absolute Gasteiger partial charge is 0.348 e. The molecule has 2 aromatic rings. The first-order valence-corrected chi connectivity index (χ1v) is 7.20. The molecule has 1 saturated heterocycles. The number of rotatable bonds is 2. The number of nitrogens with one attached hydrogen (secondary N) is 2. The summed E-state index contributed by atoms with van der Waals surface area (Å²) in [5.74, 6) is 0.0566. The first kappa shape index (κ1) is 11.7. The lowest BCUT2D eigenvalue weighted by Crippen LogP contribution is -2.45. The summed E-state index contributed by atoms with van der Waals surface area (Å²) in [5.41, 5.74) is 0.807. The lowest BCUT2D eigenvalue weighted by molar-refractivity contribution is 0.0933. The van der Waals surface area contributed by atoms with Crippen LogP contribution in [-0.4, -0.2) is 25.0 Å². The van der Waals surface area contributed by atoms with Crippen LogP contribution in [0.2, 0.25) is 0 Å². The second-order valence-electron chi connectivity index (χ2n) is 4.66. The number of carbonyl (C=O) groups excluding carboxylic acids is 1. The van der Waals surface area contributed by atoms with Gasteiger partial charge in [0.2, 0.25) is 0 Å². The molecule has 1 fully saturated rings. The molecule has 1 aliphatic heterocycles. The van der Waals surface area contributed by atoms with Gasteiger partial charge in [0.05, 0.1) is 5.56 Å². The third-order valence-corrected chi connectivity index (χ3v) is 4.32. The number of amides is 1. The fourth-order valence-electron chi connectivity index (χ4n) is 2.39. The third-order valence-electron chi connectivity index (χ3n) is 3.36. The Morgan fingerprint density at radius 1 is 1.39 bits per heavy atom. The number of fused-ring (bicyclic) bond motifs is 1. The van der Waals surface area contributed by atoms with Crippen molar-refractivity contribution in [3.8, 4) is 0 Å². The van der Waals surface area contributed by atoms with Gasteiger partial charge in [-0.2, -0.15) is 0 Å². The summed E-state index contributed by atoms with van der Waals surface area (Å²) in [6, 6.07) is 8.32. The average molecular weight is 260 g/mol. The van der Waals surface area contributed by atoms with Gasteiger partial charge < -0.3 is 10.6 Å². The highest BCUT2D eigenvalue weighted by Gasteiger charge is 2.18. The normalized spacial score (nSPS) is 19.9. The van der Waals surface area contributed by atoms with Crippen LogP contribution >= 0.6 is 11.3 Å². The Bertz CT molecular complexity index is 558. The number of hydrogen-bond donors (Lipinski definition) is 2. The molecule has 1 amide bonds. The van der Waals surface area contributed by atoms with Crippen molar-refractivity contribution < 1.29 is 4.79 Å². The summed E-state index contributed by atoms with van der Waals surface area (Å²) in [6.45, 7) is 1.95. The van der Waals surface area contributed by atoms with Gasteiger partial charge in [-0.3, -0.25) is 4.79 Å². The van der Waals surface area contributed by atoms with E-state index < -0.39 is 0 Å². The van der Waals surface area contributed by atoms with E-state index in [1.807, 2.05) is 23.6 Å². The molecule has 0 radical (unpaired) electrons. The Morgan fingerprint density at radius 3 is 3.11 bits per heavy atom. The number of thiophene rings is 1. The smallest absolute Gasteiger partial charge is 0.253 e. The van der Waals surface area contributed by atoms with E-state index in [1.54, 1.807) is 11.3 Å². The van der Waals surface area contributed by atoms with Crippen molar-refractivity contribution in [1.29, 1.82) is 0 Å². The molecule has 0 spiro atoms. The zero-order chi connectivity index (χ0) is 12.4. The minimum absolute atomic E-state index is 0.0566. The molecule has 4 heteroatoms. The van der Waals surface area contributed by atoms with Crippen LogP contribution in [0.15, 0.2) is 29.6 Å². The van der Waals surface area contributed by atoms with E-state index in [4.69, 9.17) is 0 Å². The molecule has 1 aromatic heterocycles. The maximum Gasteiger partial charge on any atom is 0.253 e. The van der Waals surface area contributed by atoms with Gasteiger partial charge in [-0.25, -0.2) is 0 Å². The van der Waals surface area contributed by atoms with Crippen LogP contribution in [0, 0.1) is 0 Å². The summed E-state index contributed by atoms with van der Waals surface area (Å²) >= 11 is 1.63. The van der Waals surface area contributed by atoms with Crippen LogP contribution in [0.5, 0.6) is 0 Å². The predicted octanol–water partition coefficient (Wildman–Crippen LogP) is 2.38. The first-order chi connectivity index (χ1) is 8.84. The SMILES string of the molecule is O=C(N[C@H]1CCCNC1)c1csc2ccccc12. The molecule has 3 rings (SSSR count). The van der Waals surface area contributed by atoms with E-state index in [9.17, 15) is 4.79 Å². The molecule has 1 aromatic carbocycles. The zero-order valence-electron chi connectivity index (χ0n) is 10.1. The summed E-state index contributed by atoms with van der Waals surface area (Å²) in [5, 5.41) is 9.44. The van der Waals surface area contributed by atoms with Gasteiger partial charge in [-0.05, 0) is 25.5 Å². The standard InChI is InChI=1S/C14H16N2OS/c17-14(16-10-4-3-7-15-8-10)12-9-18-13-6-2-1-5-11(12)13/h1-2,5-6,9-10,15H,3-4,7-8H2,(H,16,17)/t10-/m0/s1. The topological polar surface area (TPSA) is 41.1 Å². The van der Waals surface area contributed by atoms with Crippen molar-refractivity contribution in [3.05, 3.63) is 35.2 Å². The van der Waals surface area contributed by atoms with Gasteiger partial charge >= 0.3 is 0 Å². The molecule has 0 saturated carbocycles. The fraction of sp³-hybridized carbons (Fsp3) is 0.357. The van der Waals surface area contributed by atoms with Crippen molar-refractivity contribution in [2.45, 2.75) is 18.9 Å². The second-order valence-corrected chi connectivity index (χ2v) is 5.57. The highest BCUT2D eigenvalue weighted by atomic mass is 32.1. The second kappa shape index (κ2) is 5.08. The van der Waals surface area contributed by atoms with Gasteiger partial charge in [0.15, 0.2) is 0 Å². The summed E-state index contributed by atoms with van der Waals surface area (Å²) < 4.78 is 1.17. The minimum Gasteiger partial charge on any atom is -0.348 e. The predicted molar refractivity (Wildman–Crippen MR) is 75.2 cm³/mol. The third kappa shape index (κ3) is 2.26. The number of piperidine rings is 1. The van der Waals surface area contributed by atoms with Gasteiger partial charge in [0.1, 0.15) is 0 Å². The quantitative estimate of drug-likeness (QED) is 0.870. The number of hydrogen-bond acceptors (Lipinski definition) is 3. The van der Waals surface area contributed by atoms with Gasteiger partial charge in [-0.15, -0.1) is 11.3 Å². The molecule has 3 nitrogen and oxygen atoms in total. The Kier molecular flexibility index (Phi) is 3.30. The maximum absolute atomic E-state index is 12.3. The van der Waals surface area contributed by atoms with Crippen molar-refractivity contribution >= 4 is 27.3 Å². The van der Waals surface area contributed by atoms with Crippen LogP contribution < -0.4 is 10.6 Å². The van der Waals surface area contributed by atoms with Crippen LogP contribution in [0.3, 0.4) is 0 Å². The van der Waals surface area contributed by atoms with E-state index in [1.165, 1.54) is 4.70 Å². The lowest BCUT2D eigenvalue weighted by Gasteiger charge is -2.23. The molecule has 2 heterocycles. The van der Waals surface area contributed by atoms with Crippen LogP contribution in [-0.2, 0) is 0 Å². The summed E-state index contributed by atoms with van der Waals surface area (Å²) in [6.07, 6.45) is 2.20. The fourth-order valence-corrected chi connectivity index (χ4v) is 3.33. The van der Waals surface area contributed by atoms with Gasteiger partial charge in [0, 0.05) is 28.1 Å². The first-order valence-electron chi connectivity index (χ1n) is 6.32. The zero-order valence-corrected chi connectivity index (χ0v) is 10.9. The van der Waals surface area contributed by atoms with Crippen molar-refractivity contribution in [2.24, 2.45) is 0 Å². The van der Waals surface area contributed by atoms with Crippen LogP contribution in [0.4, 0.5) is 0 Å². The molecular weight excluding hydrogens is 244 g/mol. The van der Waals surface area contributed by atoms with Crippen LogP contribution in [0.1, 0.15) is 23.2 Å². The highest BCUT2D eigenvalue weighted by Crippen LogP contribution is 2.25. The monoisotopic (exact) mass is 260 g/mol. The Hall–Kier alpha value is -1.39. The Balaban J connectivity index is 1.79. The molecule has 1 atom stereocenters. The molecule has 94 valence electrons. The molecule has 1 aliphatic rings. The molecule has 0 unspecified atom stereocenters. The highest BCUT2D eigenvalue weighted by molar-refractivity contribution is 7.17. The van der Waals surface area contributed by atoms with Gasteiger partial charge in [0.25, 0.3) is 5.91 Å². The maximum atomic E-state index is 12.3. The van der Waals surface area contributed by atoms with E-state index in [0.717, 1.165) is 36.9 Å². The van der Waals surface area contributed by atoms with Gasteiger partial charge in [-0.1, -0.05) is 18.2 Å². The number of carbonyl (C=O) groups is 1. The number of benzene rings is 1. The molecule has 18 heavy (non-hydrogen) atoms. The molecule has 0 bridgehead atoms. The average Bonchev–Trinajstić information content (AvgIpc) is 2.84. The van der Waals surface area contributed by atoms with Crippen molar-refractivity contribution in [3.63, 3.8) is 0 Å². The minimum atomic E-state index is 0.0566. The van der Waals surface area contributed by atoms with E-state index in [2.05, 4.69) is 16.7 Å². The van der Waals surface area contributed by atoms with Crippen molar-refractivity contribution in [2.75, 3.05) is 13.1 Å². The molecular formula is C14H16N2OS. The van der Waals surface area contributed by atoms with Crippen molar-refractivity contribution in [1.82, 2.24) is 10.6 Å². The molecule has 0 aliphatic carbocycles. The van der Waals surface area contributed by atoms with E-state index in [-0.39, 0.29) is 11.9 Å². The summed E-state index contributed by atoms with van der Waals surface area (Å²) in [7, 11) is 0. The lowest BCUT2D eigenvalue weighted by atomic mass is 10.1. The molecule has 2 N–H and O–H groups in total.